The Hall–Kier alpha value is -2.21. The molecule has 120 valence electrons. The van der Waals surface area contributed by atoms with E-state index in [0.29, 0.717) is 13.1 Å². The number of carbonyl (C=O) groups excluding carboxylic acids is 2. The lowest BCUT2D eigenvalue weighted by atomic mass is 10.1. The van der Waals surface area contributed by atoms with E-state index in [2.05, 4.69) is 10.3 Å². The van der Waals surface area contributed by atoms with E-state index in [1.165, 1.54) is 0 Å². The quantitative estimate of drug-likeness (QED) is 0.937. The number of hydrogen-bond acceptors (Lipinski definition) is 4. The van der Waals surface area contributed by atoms with Crippen LogP contribution < -0.4 is 10.2 Å². The predicted octanol–water partition coefficient (Wildman–Crippen LogP) is 2.43. The third-order valence-electron chi connectivity index (χ3n) is 3.95. The van der Waals surface area contributed by atoms with E-state index < -0.39 is 0 Å². The second-order valence-corrected chi connectivity index (χ2v) is 7.12. The van der Waals surface area contributed by atoms with Gasteiger partial charge in [0.2, 0.25) is 11.8 Å². The summed E-state index contributed by atoms with van der Waals surface area (Å²) in [6.07, 6.45) is 2.04. The summed E-state index contributed by atoms with van der Waals surface area (Å²) in [7, 11) is 0. The average molecular weight is 329 g/mol. The zero-order chi connectivity index (χ0) is 16.4. The molecule has 6 heteroatoms. The molecule has 2 aromatic rings. The first-order valence-corrected chi connectivity index (χ1v) is 8.40. The standard InChI is InChI=1S/C17H19N3O2S/c1-11-3-5-14(6-4-11)20-10-13(7-16(20)21)17(22)19-9-15-8-18-12(2)23-15/h3-6,8,13H,7,9-10H2,1-2H3,(H,19,22). The van der Waals surface area contributed by atoms with Crippen molar-refractivity contribution in [2.75, 3.05) is 11.4 Å². The molecule has 0 bridgehead atoms. The van der Waals surface area contributed by atoms with Crippen molar-refractivity contribution in [3.63, 3.8) is 0 Å². The number of benzene rings is 1. The van der Waals surface area contributed by atoms with E-state index in [1.807, 2.05) is 38.1 Å². The maximum atomic E-state index is 12.3. The van der Waals surface area contributed by atoms with Crippen LogP contribution in [0.3, 0.4) is 0 Å². The number of hydrogen-bond donors (Lipinski definition) is 1. The third kappa shape index (κ3) is 3.59. The summed E-state index contributed by atoms with van der Waals surface area (Å²) in [5, 5.41) is 3.89. The maximum Gasteiger partial charge on any atom is 0.227 e. The van der Waals surface area contributed by atoms with Crippen molar-refractivity contribution >= 4 is 28.8 Å². The van der Waals surface area contributed by atoms with Gasteiger partial charge in [0.1, 0.15) is 0 Å². The topological polar surface area (TPSA) is 62.3 Å². The molecule has 1 aromatic heterocycles. The number of carbonyl (C=O) groups is 2. The number of amides is 2. The highest BCUT2D eigenvalue weighted by Gasteiger charge is 2.34. The summed E-state index contributed by atoms with van der Waals surface area (Å²) in [5.41, 5.74) is 2.00. The first kappa shape index (κ1) is 15.7. The van der Waals surface area contributed by atoms with Gasteiger partial charge in [0.05, 0.1) is 17.5 Å². The van der Waals surface area contributed by atoms with E-state index >= 15 is 0 Å². The van der Waals surface area contributed by atoms with Crippen LogP contribution in [-0.2, 0) is 16.1 Å². The molecule has 1 fully saturated rings. The van der Waals surface area contributed by atoms with Crippen LogP contribution >= 0.6 is 11.3 Å². The molecule has 1 unspecified atom stereocenters. The molecule has 1 atom stereocenters. The highest BCUT2D eigenvalue weighted by Crippen LogP contribution is 2.25. The molecule has 23 heavy (non-hydrogen) atoms. The lowest BCUT2D eigenvalue weighted by Crippen LogP contribution is -2.32. The Bertz CT molecular complexity index is 724. The summed E-state index contributed by atoms with van der Waals surface area (Å²) in [4.78, 5) is 31.4. The number of nitrogens with zero attached hydrogens (tertiary/aromatic N) is 2. The maximum absolute atomic E-state index is 12.3. The molecule has 1 aliphatic rings. The van der Waals surface area contributed by atoms with Crippen LogP contribution in [-0.4, -0.2) is 23.3 Å². The van der Waals surface area contributed by atoms with Crippen molar-refractivity contribution in [1.82, 2.24) is 10.3 Å². The fourth-order valence-electron chi connectivity index (χ4n) is 2.66. The SMILES string of the molecule is Cc1ccc(N2CC(C(=O)NCc3cnc(C)s3)CC2=O)cc1. The lowest BCUT2D eigenvalue weighted by molar-refractivity contribution is -0.126. The Labute approximate surface area is 139 Å². The van der Waals surface area contributed by atoms with Gasteiger partial charge in [-0.3, -0.25) is 9.59 Å². The number of nitrogens with one attached hydrogen (secondary N) is 1. The zero-order valence-corrected chi connectivity index (χ0v) is 14.0. The molecule has 0 spiro atoms. The predicted molar refractivity (Wildman–Crippen MR) is 90.3 cm³/mol. The normalized spacial score (nSPS) is 17.6. The number of thiazole rings is 1. The molecule has 1 aliphatic heterocycles. The van der Waals surface area contributed by atoms with Crippen molar-refractivity contribution < 1.29 is 9.59 Å². The van der Waals surface area contributed by atoms with Crippen LogP contribution in [0, 0.1) is 19.8 Å². The third-order valence-corrected chi connectivity index (χ3v) is 4.86. The Kier molecular flexibility index (Phi) is 4.43. The Morgan fingerprint density at radius 2 is 2.09 bits per heavy atom. The fraction of sp³-hybridized carbons (Fsp3) is 0.353. The van der Waals surface area contributed by atoms with Gasteiger partial charge in [0.15, 0.2) is 0 Å². The zero-order valence-electron chi connectivity index (χ0n) is 13.2. The summed E-state index contributed by atoms with van der Waals surface area (Å²) < 4.78 is 0. The van der Waals surface area contributed by atoms with Gasteiger partial charge in [-0.15, -0.1) is 11.3 Å². The fourth-order valence-corrected chi connectivity index (χ4v) is 3.40. The minimum Gasteiger partial charge on any atom is -0.351 e. The molecule has 2 amide bonds. The molecule has 1 saturated heterocycles. The molecule has 5 nitrogen and oxygen atoms in total. The minimum absolute atomic E-state index is 0.00244. The molecule has 3 rings (SSSR count). The van der Waals surface area contributed by atoms with E-state index in [4.69, 9.17) is 0 Å². The molecule has 1 aromatic carbocycles. The molecular weight excluding hydrogens is 310 g/mol. The number of aromatic nitrogens is 1. The lowest BCUT2D eigenvalue weighted by Gasteiger charge is -2.16. The number of rotatable bonds is 4. The van der Waals surface area contributed by atoms with Crippen molar-refractivity contribution in [2.45, 2.75) is 26.8 Å². The molecule has 0 aliphatic carbocycles. The van der Waals surface area contributed by atoms with Crippen LogP contribution in [0.25, 0.3) is 0 Å². The average Bonchev–Trinajstić information content (AvgIpc) is 3.12. The Morgan fingerprint density at radius 3 is 2.74 bits per heavy atom. The van der Waals surface area contributed by atoms with Gasteiger partial charge in [-0.1, -0.05) is 17.7 Å². The van der Waals surface area contributed by atoms with Crippen LogP contribution in [0.15, 0.2) is 30.5 Å². The van der Waals surface area contributed by atoms with Crippen molar-refractivity contribution in [3.05, 3.63) is 45.9 Å². The van der Waals surface area contributed by atoms with Crippen LogP contribution in [0.4, 0.5) is 5.69 Å². The monoisotopic (exact) mass is 329 g/mol. The van der Waals surface area contributed by atoms with Gasteiger partial charge >= 0.3 is 0 Å². The highest BCUT2D eigenvalue weighted by molar-refractivity contribution is 7.11. The van der Waals surface area contributed by atoms with Gasteiger partial charge in [0.25, 0.3) is 0 Å². The van der Waals surface area contributed by atoms with Gasteiger partial charge in [-0.25, -0.2) is 4.98 Å². The van der Waals surface area contributed by atoms with E-state index in [-0.39, 0.29) is 24.2 Å². The van der Waals surface area contributed by atoms with Crippen molar-refractivity contribution in [1.29, 1.82) is 0 Å². The number of aryl methyl sites for hydroxylation is 2. The second-order valence-electron chi connectivity index (χ2n) is 5.80. The van der Waals surface area contributed by atoms with Crippen LogP contribution in [0.1, 0.15) is 21.9 Å². The first-order valence-electron chi connectivity index (χ1n) is 7.59. The molecule has 2 heterocycles. The van der Waals surface area contributed by atoms with Crippen LogP contribution in [0.5, 0.6) is 0 Å². The van der Waals surface area contributed by atoms with E-state index in [1.54, 1.807) is 22.4 Å². The molecule has 0 radical (unpaired) electrons. The van der Waals surface area contributed by atoms with Gasteiger partial charge in [0, 0.05) is 29.7 Å². The Balaban J connectivity index is 1.60. The second kappa shape index (κ2) is 6.50. The molecule has 0 saturated carbocycles. The number of anilines is 1. The summed E-state index contributed by atoms with van der Waals surface area (Å²) in [5.74, 6) is -0.362. The van der Waals surface area contributed by atoms with Crippen molar-refractivity contribution in [2.24, 2.45) is 5.92 Å². The summed E-state index contributed by atoms with van der Waals surface area (Å²) in [6.45, 7) is 4.85. The van der Waals surface area contributed by atoms with Crippen LogP contribution in [0.2, 0.25) is 0 Å². The largest absolute Gasteiger partial charge is 0.351 e. The van der Waals surface area contributed by atoms with E-state index in [0.717, 1.165) is 21.1 Å². The summed E-state index contributed by atoms with van der Waals surface area (Å²) in [6, 6.07) is 7.80. The van der Waals surface area contributed by atoms with Crippen molar-refractivity contribution in [3.8, 4) is 0 Å². The first-order chi connectivity index (χ1) is 11.0. The summed E-state index contributed by atoms with van der Waals surface area (Å²) >= 11 is 1.57. The van der Waals surface area contributed by atoms with Gasteiger partial charge in [-0.2, -0.15) is 0 Å². The smallest absolute Gasteiger partial charge is 0.227 e. The highest BCUT2D eigenvalue weighted by atomic mass is 32.1. The van der Waals surface area contributed by atoms with Gasteiger partial charge < -0.3 is 10.2 Å². The molecule has 1 N–H and O–H groups in total. The molecular formula is C17H19N3O2S. The van der Waals surface area contributed by atoms with Gasteiger partial charge in [-0.05, 0) is 26.0 Å². The minimum atomic E-state index is -0.294. The Morgan fingerprint density at radius 1 is 1.35 bits per heavy atom. The van der Waals surface area contributed by atoms with E-state index in [9.17, 15) is 9.59 Å².